The minimum Gasteiger partial charge on any atom is -0.508 e. The lowest BCUT2D eigenvalue weighted by Gasteiger charge is -2.26. The fourth-order valence-electron chi connectivity index (χ4n) is 4.03. The van der Waals surface area contributed by atoms with Gasteiger partial charge in [-0.1, -0.05) is 31.4 Å². The van der Waals surface area contributed by atoms with Crippen LogP contribution in [0.25, 0.3) is 0 Å². The van der Waals surface area contributed by atoms with Crippen molar-refractivity contribution in [1.29, 1.82) is 0 Å². The van der Waals surface area contributed by atoms with Crippen LogP contribution in [0.1, 0.15) is 49.7 Å². The first-order valence-corrected chi connectivity index (χ1v) is 13.7. The van der Waals surface area contributed by atoms with Crippen molar-refractivity contribution in [3.05, 3.63) is 53.6 Å². The van der Waals surface area contributed by atoms with E-state index in [1.54, 1.807) is 12.1 Å². The van der Waals surface area contributed by atoms with E-state index in [4.69, 9.17) is 9.47 Å². The van der Waals surface area contributed by atoms with Crippen molar-refractivity contribution < 1.29 is 29.1 Å². The molecule has 4 N–H and O–H groups in total. The summed E-state index contributed by atoms with van der Waals surface area (Å²) in [7, 11) is -3.27. The minimum atomic E-state index is -3.27. The number of phenols is 1. The Labute approximate surface area is 196 Å². The Morgan fingerprint density at radius 1 is 0.970 bits per heavy atom. The maximum atomic E-state index is 12.6. The minimum absolute atomic E-state index is 0.0685. The zero-order valence-electron chi connectivity index (χ0n) is 19.1. The number of nitrogens with one attached hydrogen (secondary N) is 1. The average Bonchev–Trinajstić information content (AvgIpc) is 2.84. The fourth-order valence-corrected chi connectivity index (χ4v) is 5.75. The number of aromatic hydroxyl groups is 1. The molecule has 2 aromatic carbocycles. The Hall–Kier alpha value is -2.05. The maximum Gasteiger partial charge on any atom is 0.239 e. The molecule has 0 amide bonds. The van der Waals surface area contributed by atoms with Crippen molar-refractivity contribution in [2.45, 2.75) is 57.2 Å². The normalized spacial score (nSPS) is 16.3. The first-order chi connectivity index (χ1) is 16.0. The van der Waals surface area contributed by atoms with E-state index in [9.17, 15) is 19.7 Å². The smallest absolute Gasteiger partial charge is 0.239 e. The molecule has 182 valence electrons. The van der Waals surface area contributed by atoms with E-state index in [0.717, 1.165) is 58.0 Å². The molecule has 1 saturated carbocycles. The van der Waals surface area contributed by atoms with Crippen molar-refractivity contribution in [3.63, 3.8) is 0 Å². The summed E-state index contributed by atoms with van der Waals surface area (Å²) in [6, 6.07) is 12.6. The number of benzene rings is 2. The first kappa shape index (κ1) is 25.6. The number of rotatable bonds is 13. The average molecular weight is 478 g/mol. The van der Waals surface area contributed by atoms with Gasteiger partial charge in [-0.15, -0.1) is 0 Å². The summed E-state index contributed by atoms with van der Waals surface area (Å²) < 4.78 is 23.9. The first-order valence-electron chi connectivity index (χ1n) is 11.8. The molecule has 0 aliphatic heterocycles. The Kier molecular flexibility index (Phi) is 10.1. The highest BCUT2D eigenvalue weighted by atomic mass is 31.2. The maximum absolute atomic E-state index is 12.6. The SMILES string of the molecule is O=P(O)(COc1ccc(CCNCCCOc2ccc(O)c(CO)c2)cc1)C1CCCCC1. The molecule has 0 spiro atoms. The quantitative estimate of drug-likeness (QED) is 0.250. The molecule has 0 saturated heterocycles. The second-order valence-electron chi connectivity index (χ2n) is 8.62. The third-order valence-electron chi connectivity index (χ3n) is 6.06. The molecule has 3 rings (SSSR count). The molecule has 0 radical (unpaired) electrons. The van der Waals surface area contributed by atoms with Crippen LogP contribution in [0.4, 0.5) is 0 Å². The number of hydrogen-bond donors (Lipinski definition) is 4. The Bertz CT molecular complexity index is 898. The van der Waals surface area contributed by atoms with Gasteiger partial charge >= 0.3 is 0 Å². The second-order valence-corrected chi connectivity index (χ2v) is 11.1. The van der Waals surface area contributed by atoms with Gasteiger partial charge in [0.05, 0.1) is 13.2 Å². The predicted octanol–water partition coefficient (Wildman–Crippen LogP) is 4.43. The summed E-state index contributed by atoms with van der Waals surface area (Å²) in [5.41, 5.74) is 1.52. The van der Waals surface area contributed by atoms with Gasteiger partial charge in [-0.25, -0.2) is 0 Å². The van der Waals surface area contributed by atoms with E-state index < -0.39 is 7.37 Å². The topological polar surface area (TPSA) is 108 Å². The van der Waals surface area contributed by atoms with E-state index in [1.807, 2.05) is 24.3 Å². The lowest BCUT2D eigenvalue weighted by Crippen LogP contribution is -2.20. The highest BCUT2D eigenvalue weighted by molar-refractivity contribution is 7.58. The molecule has 1 atom stereocenters. The number of ether oxygens (including phenoxy) is 2. The van der Waals surface area contributed by atoms with Crippen LogP contribution >= 0.6 is 7.37 Å². The Balaban J connectivity index is 1.28. The van der Waals surface area contributed by atoms with Crippen molar-refractivity contribution >= 4 is 7.37 Å². The third-order valence-corrected chi connectivity index (χ3v) is 8.22. The van der Waals surface area contributed by atoms with E-state index in [0.29, 0.717) is 23.7 Å². The zero-order chi connectivity index (χ0) is 23.5. The van der Waals surface area contributed by atoms with Crippen molar-refractivity contribution in [2.75, 3.05) is 26.0 Å². The van der Waals surface area contributed by atoms with Gasteiger partial charge in [0, 0.05) is 11.2 Å². The summed E-state index contributed by atoms with van der Waals surface area (Å²) in [6.07, 6.45) is 6.50. The molecule has 1 aliphatic carbocycles. The van der Waals surface area contributed by atoms with Gasteiger partial charge in [0.15, 0.2) is 6.35 Å². The van der Waals surface area contributed by atoms with Crippen molar-refractivity contribution in [1.82, 2.24) is 5.32 Å². The molecular weight excluding hydrogens is 441 g/mol. The number of aliphatic hydroxyl groups is 1. The van der Waals surface area contributed by atoms with Crippen LogP contribution < -0.4 is 14.8 Å². The third kappa shape index (κ3) is 8.35. The van der Waals surface area contributed by atoms with Crippen LogP contribution in [0, 0.1) is 0 Å². The molecular formula is C25H36NO6P. The highest BCUT2D eigenvalue weighted by Crippen LogP contribution is 2.51. The summed E-state index contributed by atoms with van der Waals surface area (Å²) in [4.78, 5) is 10.4. The molecule has 7 nitrogen and oxygen atoms in total. The standard InChI is InChI=1S/C25H36NO6P/c27-18-21-17-23(11-12-25(21)28)31-16-4-14-26-15-13-20-7-9-22(10-8-20)32-19-33(29,30)24-5-2-1-3-6-24/h7-12,17,24,26-28H,1-6,13-16,18-19H2,(H,29,30). The van der Waals surface area contributed by atoms with Gasteiger partial charge in [-0.05, 0) is 74.7 Å². The largest absolute Gasteiger partial charge is 0.508 e. The van der Waals surface area contributed by atoms with Crippen LogP contribution in [-0.4, -0.2) is 46.8 Å². The Morgan fingerprint density at radius 2 is 1.70 bits per heavy atom. The van der Waals surface area contributed by atoms with E-state index >= 15 is 0 Å². The second kappa shape index (κ2) is 13.0. The predicted molar refractivity (Wildman–Crippen MR) is 129 cm³/mol. The van der Waals surface area contributed by atoms with Crippen LogP contribution in [0.3, 0.4) is 0 Å². The van der Waals surface area contributed by atoms with Gasteiger partial charge < -0.3 is 29.9 Å². The van der Waals surface area contributed by atoms with Crippen LogP contribution in [0.2, 0.25) is 0 Å². The molecule has 1 unspecified atom stereocenters. The summed E-state index contributed by atoms with van der Waals surface area (Å²) in [5.74, 6) is 1.34. The van der Waals surface area contributed by atoms with Crippen molar-refractivity contribution in [2.24, 2.45) is 0 Å². The molecule has 33 heavy (non-hydrogen) atoms. The van der Waals surface area contributed by atoms with Gasteiger partial charge in [0.25, 0.3) is 0 Å². The molecule has 1 aliphatic rings. The molecule has 2 aromatic rings. The van der Waals surface area contributed by atoms with E-state index in [2.05, 4.69) is 5.32 Å². The van der Waals surface area contributed by atoms with E-state index in [-0.39, 0.29) is 24.4 Å². The lowest BCUT2D eigenvalue weighted by molar-refractivity contribution is 0.272. The fraction of sp³-hybridized carbons (Fsp3) is 0.520. The molecule has 0 heterocycles. The lowest BCUT2D eigenvalue weighted by atomic mass is 10.0. The molecule has 1 fully saturated rings. The number of aliphatic hydroxyl groups excluding tert-OH is 1. The van der Waals surface area contributed by atoms with Crippen LogP contribution in [0.15, 0.2) is 42.5 Å². The van der Waals surface area contributed by atoms with Gasteiger partial charge in [0.1, 0.15) is 17.2 Å². The summed E-state index contributed by atoms with van der Waals surface area (Å²) >= 11 is 0. The zero-order valence-corrected chi connectivity index (χ0v) is 20.0. The Morgan fingerprint density at radius 3 is 2.42 bits per heavy atom. The highest BCUT2D eigenvalue weighted by Gasteiger charge is 2.32. The van der Waals surface area contributed by atoms with Gasteiger partial charge in [-0.2, -0.15) is 0 Å². The van der Waals surface area contributed by atoms with Crippen molar-refractivity contribution in [3.8, 4) is 17.2 Å². The molecule has 0 bridgehead atoms. The van der Waals surface area contributed by atoms with Gasteiger partial charge in [0.2, 0.25) is 7.37 Å². The molecule has 0 aromatic heterocycles. The monoisotopic (exact) mass is 477 g/mol. The summed E-state index contributed by atoms with van der Waals surface area (Å²) in [5, 5.41) is 22.1. The summed E-state index contributed by atoms with van der Waals surface area (Å²) in [6.45, 7) is 1.98. The number of hydrogen-bond acceptors (Lipinski definition) is 6. The van der Waals surface area contributed by atoms with Gasteiger partial charge in [-0.3, -0.25) is 4.57 Å². The molecule has 8 heteroatoms. The van der Waals surface area contributed by atoms with E-state index in [1.165, 1.54) is 11.6 Å². The van der Waals surface area contributed by atoms with Crippen LogP contribution in [0.5, 0.6) is 17.2 Å². The van der Waals surface area contributed by atoms with Crippen LogP contribution in [-0.2, 0) is 17.6 Å².